The molecular weight excluding hydrogens is 138 g/mol. The molecule has 1 N–H and O–H groups in total. The van der Waals surface area contributed by atoms with Gasteiger partial charge in [0.25, 0.3) is 0 Å². The van der Waals surface area contributed by atoms with Crippen molar-refractivity contribution < 1.29 is 5.11 Å². The van der Waals surface area contributed by atoms with Gasteiger partial charge in [-0.05, 0) is 12.5 Å². The molecule has 2 nitrogen and oxygen atoms in total. The Kier molecular flexibility index (Phi) is 2.25. The molecule has 0 heterocycles. The second kappa shape index (κ2) is 3.18. The average molecular weight is 147 g/mol. The van der Waals surface area contributed by atoms with Crippen molar-refractivity contribution in [2.45, 2.75) is 13.0 Å². The fraction of sp³-hybridized carbons (Fsp3) is 0.222. The fourth-order valence-corrected chi connectivity index (χ4v) is 0.854. The predicted molar refractivity (Wildman–Crippen MR) is 43.3 cm³/mol. The zero-order valence-corrected chi connectivity index (χ0v) is 6.28. The zero-order valence-electron chi connectivity index (χ0n) is 6.28. The smallest absolute Gasteiger partial charge is 0.187 e. The lowest BCUT2D eigenvalue weighted by atomic mass is 10.1. The first kappa shape index (κ1) is 7.77. The predicted octanol–water partition coefficient (Wildman–Crippen LogP) is 2.29. The van der Waals surface area contributed by atoms with Gasteiger partial charge < -0.3 is 5.11 Å². The molecule has 1 aromatic carbocycles. The first-order chi connectivity index (χ1) is 5.24. The van der Waals surface area contributed by atoms with E-state index in [9.17, 15) is 0 Å². The van der Waals surface area contributed by atoms with Crippen molar-refractivity contribution in [2.24, 2.45) is 0 Å². The summed E-state index contributed by atoms with van der Waals surface area (Å²) in [6, 6.07) is 6.99. The lowest BCUT2D eigenvalue weighted by Gasteiger charge is -2.03. The Morgan fingerprint density at radius 1 is 1.55 bits per heavy atom. The van der Waals surface area contributed by atoms with Crippen LogP contribution in [0.1, 0.15) is 18.6 Å². The van der Waals surface area contributed by atoms with E-state index < -0.39 is 6.10 Å². The third kappa shape index (κ3) is 1.79. The molecule has 1 rings (SSSR count). The highest BCUT2D eigenvalue weighted by Gasteiger charge is 1.99. The number of rotatable bonds is 1. The quantitative estimate of drug-likeness (QED) is 0.605. The molecule has 1 aromatic rings. The third-order valence-electron chi connectivity index (χ3n) is 1.48. The molecule has 0 aliphatic rings. The van der Waals surface area contributed by atoms with Crippen LogP contribution in [0.25, 0.3) is 4.85 Å². The average Bonchev–Trinajstić information content (AvgIpc) is 2.05. The van der Waals surface area contributed by atoms with E-state index in [0.29, 0.717) is 5.69 Å². The van der Waals surface area contributed by atoms with Gasteiger partial charge in [0.2, 0.25) is 0 Å². The van der Waals surface area contributed by atoms with Crippen LogP contribution in [-0.4, -0.2) is 5.11 Å². The molecule has 0 fully saturated rings. The minimum absolute atomic E-state index is 0.489. The Morgan fingerprint density at radius 3 is 2.82 bits per heavy atom. The monoisotopic (exact) mass is 147 g/mol. The molecule has 0 spiro atoms. The Labute approximate surface area is 65.9 Å². The van der Waals surface area contributed by atoms with Gasteiger partial charge in [-0.1, -0.05) is 24.3 Å². The summed E-state index contributed by atoms with van der Waals surface area (Å²) in [7, 11) is 0. The van der Waals surface area contributed by atoms with E-state index >= 15 is 0 Å². The number of hydrogen-bond donors (Lipinski definition) is 1. The summed E-state index contributed by atoms with van der Waals surface area (Å²) in [4.78, 5) is 3.25. The van der Waals surface area contributed by atoms with Crippen LogP contribution in [0.3, 0.4) is 0 Å². The molecule has 0 saturated carbocycles. The normalized spacial score (nSPS) is 12.1. The van der Waals surface area contributed by atoms with Gasteiger partial charge in [-0.2, -0.15) is 0 Å². The van der Waals surface area contributed by atoms with Crippen molar-refractivity contribution in [1.29, 1.82) is 0 Å². The largest absolute Gasteiger partial charge is 0.389 e. The number of benzene rings is 1. The first-order valence-electron chi connectivity index (χ1n) is 3.39. The van der Waals surface area contributed by atoms with Crippen molar-refractivity contribution in [3.63, 3.8) is 0 Å². The van der Waals surface area contributed by atoms with E-state index in [2.05, 4.69) is 4.85 Å². The summed E-state index contributed by atoms with van der Waals surface area (Å²) in [6.45, 7) is 8.41. The molecule has 11 heavy (non-hydrogen) atoms. The topological polar surface area (TPSA) is 24.6 Å². The number of hydrogen-bond acceptors (Lipinski definition) is 1. The summed E-state index contributed by atoms with van der Waals surface area (Å²) in [5, 5.41) is 9.14. The summed E-state index contributed by atoms with van der Waals surface area (Å²) in [5.41, 5.74) is 1.36. The maximum absolute atomic E-state index is 9.14. The minimum atomic E-state index is -0.489. The van der Waals surface area contributed by atoms with Crippen LogP contribution in [0.5, 0.6) is 0 Å². The zero-order chi connectivity index (χ0) is 8.27. The summed E-state index contributed by atoms with van der Waals surface area (Å²) in [6.07, 6.45) is -0.489. The first-order valence-corrected chi connectivity index (χ1v) is 3.39. The van der Waals surface area contributed by atoms with E-state index in [1.54, 1.807) is 31.2 Å². The molecule has 0 aliphatic carbocycles. The molecule has 0 aliphatic heterocycles. The minimum Gasteiger partial charge on any atom is -0.389 e. The Bertz CT molecular complexity index is 286. The van der Waals surface area contributed by atoms with Gasteiger partial charge in [0.15, 0.2) is 5.69 Å². The van der Waals surface area contributed by atoms with Crippen LogP contribution in [0, 0.1) is 6.57 Å². The van der Waals surface area contributed by atoms with Crippen LogP contribution in [0.4, 0.5) is 5.69 Å². The highest BCUT2D eigenvalue weighted by molar-refractivity contribution is 5.46. The van der Waals surface area contributed by atoms with Crippen LogP contribution < -0.4 is 0 Å². The van der Waals surface area contributed by atoms with Gasteiger partial charge in [-0.3, -0.25) is 0 Å². The second-order valence-electron chi connectivity index (χ2n) is 2.38. The Morgan fingerprint density at radius 2 is 2.27 bits per heavy atom. The van der Waals surface area contributed by atoms with Crippen molar-refractivity contribution in [1.82, 2.24) is 0 Å². The molecular formula is C9H9NO. The standard InChI is InChI=1S/C9H9NO/c1-7(11)8-4-3-5-9(6-8)10-2/h3-7,11H,1H3. The van der Waals surface area contributed by atoms with E-state index in [1.807, 2.05) is 0 Å². The maximum Gasteiger partial charge on any atom is 0.187 e. The molecule has 0 radical (unpaired) electrons. The molecule has 0 bridgehead atoms. The lowest BCUT2D eigenvalue weighted by Crippen LogP contribution is -1.88. The third-order valence-corrected chi connectivity index (χ3v) is 1.48. The summed E-state index contributed by atoms with van der Waals surface area (Å²) >= 11 is 0. The van der Waals surface area contributed by atoms with Gasteiger partial charge in [0, 0.05) is 0 Å². The van der Waals surface area contributed by atoms with Gasteiger partial charge in [-0.15, -0.1) is 0 Å². The van der Waals surface area contributed by atoms with Crippen molar-refractivity contribution in [2.75, 3.05) is 0 Å². The van der Waals surface area contributed by atoms with E-state index in [0.717, 1.165) is 5.56 Å². The van der Waals surface area contributed by atoms with Crippen molar-refractivity contribution in [3.8, 4) is 0 Å². The van der Waals surface area contributed by atoms with Gasteiger partial charge in [0.05, 0.1) is 12.7 Å². The van der Waals surface area contributed by atoms with Crippen molar-refractivity contribution in [3.05, 3.63) is 41.2 Å². The van der Waals surface area contributed by atoms with E-state index in [-0.39, 0.29) is 0 Å². The molecule has 2 heteroatoms. The summed E-state index contributed by atoms with van der Waals surface area (Å²) in [5.74, 6) is 0. The van der Waals surface area contributed by atoms with Crippen LogP contribution in [0.15, 0.2) is 24.3 Å². The van der Waals surface area contributed by atoms with Gasteiger partial charge in [-0.25, -0.2) is 4.85 Å². The Hall–Kier alpha value is -1.33. The molecule has 0 aromatic heterocycles. The van der Waals surface area contributed by atoms with Gasteiger partial charge >= 0.3 is 0 Å². The maximum atomic E-state index is 9.14. The van der Waals surface area contributed by atoms with Crippen LogP contribution >= 0.6 is 0 Å². The summed E-state index contributed by atoms with van der Waals surface area (Å²) < 4.78 is 0. The number of aliphatic hydroxyl groups is 1. The van der Waals surface area contributed by atoms with Crippen LogP contribution in [0.2, 0.25) is 0 Å². The van der Waals surface area contributed by atoms with Gasteiger partial charge in [0.1, 0.15) is 0 Å². The molecule has 1 unspecified atom stereocenters. The van der Waals surface area contributed by atoms with E-state index in [1.165, 1.54) is 0 Å². The van der Waals surface area contributed by atoms with Crippen LogP contribution in [-0.2, 0) is 0 Å². The number of aliphatic hydroxyl groups excluding tert-OH is 1. The molecule has 1 atom stereocenters. The van der Waals surface area contributed by atoms with E-state index in [4.69, 9.17) is 11.7 Å². The highest BCUT2D eigenvalue weighted by atomic mass is 16.3. The molecule has 0 amide bonds. The second-order valence-corrected chi connectivity index (χ2v) is 2.38. The molecule has 0 saturated heterocycles. The Balaban J connectivity index is 3.03. The fourth-order valence-electron chi connectivity index (χ4n) is 0.854. The molecule has 56 valence electrons. The van der Waals surface area contributed by atoms with Crippen molar-refractivity contribution >= 4 is 5.69 Å². The SMILES string of the molecule is [C-]#[N+]c1cccc(C(C)O)c1. The highest BCUT2D eigenvalue weighted by Crippen LogP contribution is 2.18. The lowest BCUT2D eigenvalue weighted by molar-refractivity contribution is 0.199. The number of nitrogens with zero attached hydrogens (tertiary/aromatic N) is 1.